The van der Waals surface area contributed by atoms with E-state index in [1.807, 2.05) is 6.92 Å². The van der Waals surface area contributed by atoms with Crippen LogP contribution in [0.3, 0.4) is 0 Å². The van der Waals surface area contributed by atoms with Crippen LogP contribution < -0.4 is 10.6 Å². The number of hydrogen-bond acceptors (Lipinski definition) is 3. The van der Waals surface area contributed by atoms with E-state index in [4.69, 9.17) is 0 Å². The SMILES string of the molecule is Cc1cc(C(=O)N[C@@H]2CCNC2)ccn1. The highest BCUT2D eigenvalue weighted by Crippen LogP contribution is 2.03. The van der Waals surface area contributed by atoms with Crippen molar-refractivity contribution in [2.75, 3.05) is 13.1 Å². The molecule has 1 atom stereocenters. The molecule has 1 fully saturated rings. The van der Waals surface area contributed by atoms with E-state index in [0.29, 0.717) is 5.56 Å². The number of carbonyl (C=O) groups excluding carboxylic acids is 1. The summed E-state index contributed by atoms with van der Waals surface area (Å²) in [5.41, 5.74) is 1.56. The molecule has 1 amide bonds. The molecule has 15 heavy (non-hydrogen) atoms. The van der Waals surface area contributed by atoms with E-state index >= 15 is 0 Å². The number of rotatable bonds is 2. The molecule has 4 heteroatoms. The Hall–Kier alpha value is -1.42. The second-order valence-corrected chi connectivity index (χ2v) is 3.85. The first-order valence-electron chi connectivity index (χ1n) is 5.20. The minimum absolute atomic E-state index is 0.00537. The predicted molar refractivity (Wildman–Crippen MR) is 57.7 cm³/mol. The topological polar surface area (TPSA) is 54.0 Å². The van der Waals surface area contributed by atoms with Crippen molar-refractivity contribution in [3.05, 3.63) is 29.6 Å². The summed E-state index contributed by atoms with van der Waals surface area (Å²) in [6.45, 7) is 3.74. The zero-order chi connectivity index (χ0) is 10.7. The molecule has 1 aliphatic rings. The summed E-state index contributed by atoms with van der Waals surface area (Å²) < 4.78 is 0. The van der Waals surface area contributed by atoms with Gasteiger partial charge < -0.3 is 10.6 Å². The molecule has 1 saturated heterocycles. The number of carbonyl (C=O) groups is 1. The summed E-state index contributed by atoms with van der Waals surface area (Å²) in [5, 5.41) is 6.21. The number of pyridine rings is 1. The van der Waals surface area contributed by atoms with Crippen LogP contribution in [0.4, 0.5) is 0 Å². The Bertz CT molecular complexity index is 359. The molecule has 0 unspecified atom stereocenters. The van der Waals surface area contributed by atoms with E-state index in [1.165, 1.54) is 0 Å². The number of aromatic nitrogens is 1. The lowest BCUT2D eigenvalue weighted by Crippen LogP contribution is -2.36. The molecule has 0 spiro atoms. The van der Waals surface area contributed by atoms with Crippen molar-refractivity contribution < 1.29 is 4.79 Å². The van der Waals surface area contributed by atoms with Crippen LogP contribution >= 0.6 is 0 Å². The van der Waals surface area contributed by atoms with Gasteiger partial charge in [-0.2, -0.15) is 0 Å². The number of nitrogens with zero attached hydrogens (tertiary/aromatic N) is 1. The first kappa shape index (κ1) is 10.1. The maximum Gasteiger partial charge on any atom is 0.251 e. The summed E-state index contributed by atoms with van der Waals surface area (Å²) in [5.74, 6) is -0.00537. The first-order chi connectivity index (χ1) is 7.25. The van der Waals surface area contributed by atoms with E-state index in [9.17, 15) is 4.79 Å². The molecule has 0 saturated carbocycles. The highest BCUT2D eigenvalue weighted by atomic mass is 16.1. The van der Waals surface area contributed by atoms with Gasteiger partial charge in [0.1, 0.15) is 0 Å². The molecule has 2 rings (SSSR count). The normalized spacial score (nSPS) is 20.2. The summed E-state index contributed by atoms with van der Waals surface area (Å²) in [6, 6.07) is 3.81. The highest BCUT2D eigenvalue weighted by molar-refractivity contribution is 5.94. The van der Waals surface area contributed by atoms with Crippen LogP contribution in [0.2, 0.25) is 0 Å². The minimum atomic E-state index is -0.00537. The van der Waals surface area contributed by atoms with Crippen LogP contribution in [-0.2, 0) is 0 Å². The zero-order valence-corrected chi connectivity index (χ0v) is 8.79. The molecule has 0 aromatic carbocycles. The van der Waals surface area contributed by atoms with Gasteiger partial charge in [0.15, 0.2) is 0 Å². The van der Waals surface area contributed by atoms with Gasteiger partial charge in [0, 0.05) is 30.0 Å². The van der Waals surface area contributed by atoms with Crippen molar-refractivity contribution in [1.29, 1.82) is 0 Å². The molecule has 2 heterocycles. The second-order valence-electron chi connectivity index (χ2n) is 3.85. The fourth-order valence-electron chi connectivity index (χ4n) is 1.73. The smallest absolute Gasteiger partial charge is 0.251 e. The van der Waals surface area contributed by atoms with Gasteiger partial charge in [-0.15, -0.1) is 0 Å². The van der Waals surface area contributed by atoms with Crippen LogP contribution in [0, 0.1) is 6.92 Å². The summed E-state index contributed by atoms with van der Waals surface area (Å²) in [7, 11) is 0. The van der Waals surface area contributed by atoms with Gasteiger partial charge >= 0.3 is 0 Å². The molecule has 80 valence electrons. The number of aryl methyl sites for hydroxylation is 1. The summed E-state index contributed by atoms with van der Waals surface area (Å²) >= 11 is 0. The number of nitrogens with one attached hydrogen (secondary N) is 2. The second kappa shape index (κ2) is 4.40. The lowest BCUT2D eigenvalue weighted by atomic mass is 10.2. The van der Waals surface area contributed by atoms with Crippen LogP contribution in [0.5, 0.6) is 0 Å². The van der Waals surface area contributed by atoms with Crippen molar-refractivity contribution in [2.45, 2.75) is 19.4 Å². The lowest BCUT2D eigenvalue weighted by molar-refractivity contribution is 0.0940. The molecule has 0 aliphatic carbocycles. The highest BCUT2D eigenvalue weighted by Gasteiger charge is 2.17. The Kier molecular flexibility index (Phi) is 2.97. The van der Waals surface area contributed by atoms with E-state index < -0.39 is 0 Å². The fourth-order valence-corrected chi connectivity index (χ4v) is 1.73. The fraction of sp³-hybridized carbons (Fsp3) is 0.455. The maximum atomic E-state index is 11.8. The maximum absolute atomic E-state index is 11.8. The molecule has 0 radical (unpaired) electrons. The largest absolute Gasteiger partial charge is 0.348 e. The molecule has 1 aliphatic heterocycles. The van der Waals surface area contributed by atoms with Crippen LogP contribution in [0.25, 0.3) is 0 Å². The third-order valence-electron chi connectivity index (χ3n) is 2.55. The Balaban J connectivity index is 2.01. The Labute approximate surface area is 89.1 Å². The average Bonchev–Trinajstić information content (AvgIpc) is 2.70. The lowest BCUT2D eigenvalue weighted by Gasteiger charge is -2.11. The molecule has 1 aromatic heterocycles. The summed E-state index contributed by atoms with van der Waals surface area (Å²) in [6.07, 6.45) is 2.67. The minimum Gasteiger partial charge on any atom is -0.348 e. The molecular weight excluding hydrogens is 190 g/mol. The van der Waals surface area contributed by atoms with Gasteiger partial charge in [-0.05, 0) is 32.0 Å². The van der Waals surface area contributed by atoms with Gasteiger partial charge in [-0.25, -0.2) is 0 Å². The van der Waals surface area contributed by atoms with Crippen LogP contribution in [-0.4, -0.2) is 30.0 Å². The van der Waals surface area contributed by atoms with Crippen molar-refractivity contribution in [1.82, 2.24) is 15.6 Å². The van der Waals surface area contributed by atoms with E-state index in [2.05, 4.69) is 15.6 Å². The molecule has 2 N–H and O–H groups in total. The molecular formula is C11H15N3O. The molecule has 4 nitrogen and oxygen atoms in total. The zero-order valence-electron chi connectivity index (χ0n) is 8.79. The average molecular weight is 205 g/mol. The van der Waals surface area contributed by atoms with Crippen LogP contribution in [0.15, 0.2) is 18.3 Å². The van der Waals surface area contributed by atoms with Crippen molar-refractivity contribution in [2.24, 2.45) is 0 Å². The Morgan fingerprint density at radius 3 is 3.20 bits per heavy atom. The predicted octanol–water partition coefficient (Wildman–Crippen LogP) is 0.482. The third kappa shape index (κ3) is 2.53. The third-order valence-corrected chi connectivity index (χ3v) is 2.55. The monoisotopic (exact) mass is 205 g/mol. The number of amides is 1. The van der Waals surface area contributed by atoms with Crippen molar-refractivity contribution in [3.8, 4) is 0 Å². The molecule has 1 aromatic rings. The van der Waals surface area contributed by atoms with Gasteiger partial charge in [0.2, 0.25) is 0 Å². The standard InChI is InChI=1S/C11H15N3O/c1-8-6-9(2-5-13-8)11(15)14-10-3-4-12-7-10/h2,5-6,10,12H,3-4,7H2,1H3,(H,14,15)/t10-/m1/s1. The van der Waals surface area contributed by atoms with Gasteiger partial charge in [-0.3, -0.25) is 9.78 Å². The van der Waals surface area contributed by atoms with Crippen molar-refractivity contribution >= 4 is 5.91 Å². The quantitative estimate of drug-likeness (QED) is 0.738. The van der Waals surface area contributed by atoms with E-state index in [0.717, 1.165) is 25.2 Å². The first-order valence-corrected chi connectivity index (χ1v) is 5.20. The van der Waals surface area contributed by atoms with Gasteiger partial charge in [0.05, 0.1) is 0 Å². The Morgan fingerprint density at radius 2 is 2.53 bits per heavy atom. The summed E-state index contributed by atoms with van der Waals surface area (Å²) in [4.78, 5) is 15.8. The van der Waals surface area contributed by atoms with E-state index in [-0.39, 0.29) is 11.9 Å². The Morgan fingerprint density at radius 1 is 1.67 bits per heavy atom. The number of hydrogen-bond donors (Lipinski definition) is 2. The van der Waals surface area contributed by atoms with Crippen LogP contribution in [0.1, 0.15) is 22.5 Å². The van der Waals surface area contributed by atoms with Gasteiger partial charge in [-0.1, -0.05) is 0 Å². The van der Waals surface area contributed by atoms with E-state index in [1.54, 1.807) is 18.3 Å². The van der Waals surface area contributed by atoms with Crippen molar-refractivity contribution in [3.63, 3.8) is 0 Å². The molecule has 0 bridgehead atoms. The van der Waals surface area contributed by atoms with Gasteiger partial charge in [0.25, 0.3) is 5.91 Å².